The summed E-state index contributed by atoms with van der Waals surface area (Å²) in [6.45, 7) is 7.15. The van der Waals surface area contributed by atoms with Crippen LogP contribution in [0.2, 0.25) is 0 Å². The van der Waals surface area contributed by atoms with Crippen molar-refractivity contribution < 1.29 is 14.3 Å². The van der Waals surface area contributed by atoms with Gasteiger partial charge in [0, 0.05) is 12.2 Å². The van der Waals surface area contributed by atoms with Crippen molar-refractivity contribution >= 4 is 11.6 Å². The molecule has 0 spiro atoms. The van der Waals surface area contributed by atoms with E-state index in [9.17, 15) is 4.79 Å². The number of anilines is 1. The van der Waals surface area contributed by atoms with E-state index >= 15 is 0 Å². The predicted octanol–water partition coefficient (Wildman–Crippen LogP) is 3.83. The van der Waals surface area contributed by atoms with Crippen LogP contribution in [-0.2, 0) is 4.79 Å². The van der Waals surface area contributed by atoms with Gasteiger partial charge >= 0.3 is 0 Å². The van der Waals surface area contributed by atoms with Gasteiger partial charge in [-0.05, 0) is 62.7 Å². The maximum absolute atomic E-state index is 12.4. The van der Waals surface area contributed by atoms with Gasteiger partial charge in [0.2, 0.25) is 0 Å². The monoisotopic (exact) mass is 313 g/mol. The minimum atomic E-state index is -0.0630. The number of nitrogens with zero attached hydrogens (tertiary/aromatic N) is 1. The summed E-state index contributed by atoms with van der Waals surface area (Å²) in [7, 11) is 0. The third-order valence-electron chi connectivity index (χ3n) is 3.43. The molecular weight excluding hydrogens is 290 g/mol. The average Bonchev–Trinajstić information content (AvgIpc) is 2.55. The van der Waals surface area contributed by atoms with Crippen molar-refractivity contribution in [3.8, 4) is 11.5 Å². The molecule has 2 aromatic rings. The molecule has 0 radical (unpaired) electrons. The molecule has 0 atom stereocenters. The second-order valence-electron chi connectivity index (χ2n) is 5.17. The van der Waals surface area contributed by atoms with Gasteiger partial charge in [0.25, 0.3) is 5.91 Å². The zero-order valence-electron chi connectivity index (χ0n) is 13.9. The van der Waals surface area contributed by atoms with Gasteiger partial charge in [-0.1, -0.05) is 12.1 Å². The lowest BCUT2D eigenvalue weighted by atomic mass is 10.2. The number of hydrogen-bond donors (Lipinski definition) is 0. The Morgan fingerprint density at radius 2 is 1.65 bits per heavy atom. The molecule has 0 fully saturated rings. The van der Waals surface area contributed by atoms with E-state index in [4.69, 9.17) is 9.47 Å². The highest BCUT2D eigenvalue weighted by molar-refractivity contribution is 5.94. The molecule has 0 N–H and O–H groups in total. The number of hydrogen-bond acceptors (Lipinski definition) is 3. The number of carbonyl (C=O) groups is 1. The fraction of sp³-hybridized carbons (Fsp3) is 0.316. The van der Waals surface area contributed by atoms with E-state index in [1.165, 1.54) is 0 Å². The highest BCUT2D eigenvalue weighted by Gasteiger charge is 2.14. The van der Waals surface area contributed by atoms with Gasteiger partial charge in [-0.25, -0.2) is 0 Å². The number of carbonyl (C=O) groups excluding carboxylic acids is 1. The second kappa shape index (κ2) is 8.22. The minimum absolute atomic E-state index is 0.00969. The fourth-order valence-corrected chi connectivity index (χ4v) is 2.32. The van der Waals surface area contributed by atoms with Crippen molar-refractivity contribution in [2.24, 2.45) is 0 Å². The van der Waals surface area contributed by atoms with Crippen LogP contribution >= 0.6 is 0 Å². The average molecular weight is 313 g/mol. The molecule has 0 heterocycles. The summed E-state index contributed by atoms with van der Waals surface area (Å²) in [5.74, 6) is 1.38. The van der Waals surface area contributed by atoms with E-state index in [1.54, 1.807) is 17.0 Å². The SMILES string of the molecule is CCOc1ccc(OCC(=O)N(CC)c2cccc(C)c2)cc1. The van der Waals surface area contributed by atoms with Crippen molar-refractivity contribution in [2.75, 3.05) is 24.7 Å². The number of aryl methyl sites for hydroxylation is 1. The molecule has 2 aromatic carbocycles. The fourth-order valence-electron chi connectivity index (χ4n) is 2.32. The van der Waals surface area contributed by atoms with Gasteiger partial charge in [-0.3, -0.25) is 4.79 Å². The van der Waals surface area contributed by atoms with Crippen LogP contribution in [-0.4, -0.2) is 25.7 Å². The Bertz CT molecular complexity index is 637. The maximum atomic E-state index is 12.4. The van der Waals surface area contributed by atoms with Crippen LogP contribution in [0.15, 0.2) is 48.5 Å². The second-order valence-corrected chi connectivity index (χ2v) is 5.17. The first kappa shape index (κ1) is 16.9. The molecule has 0 aliphatic carbocycles. The van der Waals surface area contributed by atoms with Crippen molar-refractivity contribution in [3.63, 3.8) is 0 Å². The zero-order valence-corrected chi connectivity index (χ0v) is 13.9. The third kappa shape index (κ3) is 4.74. The predicted molar refractivity (Wildman–Crippen MR) is 92.3 cm³/mol. The molecule has 4 nitrogen and oxygen atoms in total. The smallest absolute Gasteiger partial charge is 0.264 e. The molecule has 4 heteroatoms. The standard InChI is InChI=1S/C19H23NO3/c1-4-20(16-8-6-7-15(3)13-16)19(21)14-23-18-11-9-17(10-12-18)22-5-2/h6-13H,4-5,14H2,1-3H3. The normalized spacial score (nSPS) is 10.2. The van der Waals surface area contributed by atoms with Crippen LogP contribution in [0.5, 0.6) is 11.5 Å². The van der Waals surface area contributed by atoms with E-state index in [2.05, 4.69) is 0 Å². The zero-order chi connectivity index (χ0) is 16.7. The number of ether oxygens (including phenoxy) is 2. The summed E-state index contributed by atoms with van der Waals surface area (Å²) in [4.78, 5) is 14.1. The first-order chi connectivity index (χ1) is 11.1. The largest absolute Gasteiger partial charge is 0.494 e. The molecule has 0 aliphatic heterocycles. The van der Waals surface area contributed by atoms with Crippen molar-refractivity contribution in [1.82, 2.24) is 0 Å². The van der Waals surface area contributed by atoms with Crippen LogP contribution in [0.25, 0.3) is 0 Å². The minimum Gasteiger partial charge on any atom is -0.494 e. The van der Waals surface area contributed by atoms with Crippen molar-refractivity contribution in [3.05, 3.63) is 54.1 Å². The molecule has 0 unspecified atom stereocenters. The van der Waals surface area contributed by atoms with E-state index in [0.717, 1.165) is 17.0 Å². The number of likely N-dealkylation sites (N-methyl/N-ethyl adjacent to an activating group) is 1. The summed E-state index contributed by atoms with van der Waals surface area (Å²) >= 11 is 0. The Kier molecular flexibility index (Phi) is 6.03. The molecule has 23 heavy (non-hydrogen) atoms. The summed E-state index contributed by atoms with van der Waals surface area (Å²) in [5.41, 5.74) is 2.02. The number of rotatable bonds is 7. The van der Waals surface area contributed by atoms with Gasteiger partial charge in [-0.15, -0.1) is 0 Å². The van der Waals surface area contributed by atoms with Crippen molar-refractivity contribution in [2.45, 2.75) is 20.8 Å². The van der Waals surface area contributed by atoms with Gasteiger partial charge in [-0.2, -0.15) is 0 Å². The molecule has 0 aromatic heterocycles. The topological polar surface area (TPSA) is 38.8 Å². The van der Waals surface area contributed by atoms with Crippen LogP contribution in [0.1, 0.15) is 19.4 Å². The number of benzene rings is 2. The lowest BCUT2D eigenvalue weighted by Gasteiger charge is -2.21. The van der Waals surface area contributed by atoms with Gasteiger partial charge in [0.1, 0.15) is 11.5 Å². The Morgan fingerprint density at radius 1 is 1.00 bits per heavy atom. The Balaban J connectivity index is 1.97. The van der Waals surface area contributed by atoms with Crippen LogP contribution < -0.4 is 14.4 Å². The molecule has 0 bridgehead atoms. The quantitative estimate of drug-likeness (QED) is 0.780. The van der Waals surface area contributed by atoms with Crippen molar-refractivity contribution in [1.29, 1.82) is 0 Å². The summed E-state index contributed by atoms with van der Waals surface area (Å²) in [6.07, 6.45) is 0. The first-order valence-corrected chi connectivity index (χ1v) is 7.86. The highest BCUT2D eigenvalue weighted by Crippen LogP contribution is 2.19. The third-order valence-corrected chi connectivity index (χ3v) is 3.43. The molecule has 0 saturated heterocycles. The molecular formula is C19H23NO3. The lowest BCUT2D eigenvalue weighted by molar-refractivity contribution is -0.120. The molecule has 0 saturated carbocycles. The van der Waals surface area contributed by atoms with E-state index in [0.29, 0.717) is 18.9 Å². The van der Waals surface area contributed by atoms with Gasteiger partial charge in [0.05, 0.1) is 6.61 Å². The summed E-state index contributed by atoms with van der Waals surface area (Å²) in [6, 6.07) is 15.2. The maximum Gasteiger partial charge on any atom is 0.264 e. The van der Waals surface area contributed by atoms with Crippen LogP contribution in [0, 0.1) is 6.92 Å². The lowest BCUT2D eigenvalue weighted by Crippen LogP contribution is -2.34. The van der Waals surface area contributed by atoms with E-state index in [1.807, 2.05) is 57.2 Å². The first-order valence-electron chi connectivity index (χ1n) is 7.86. The van der Waals surface area contributed by atoms with Gasteiger partial charge < -0.3 is 14.4 Å². The Labute approximate surface area is 137 Å². The number of amides is 1. The van der Waals surface area contributed by atoms with E-state index < -0.39 is 0 Å². The van der Waals surface area contributed by atoms with Gasteiger partial charge in [0.15, 0.2) is 6.61 Å². The molecule has 2 rings (SSSR count). The molecule has 122 valence electrons. The Hall–Kier alpha value is -2.49. The van der Waals surface area contributed by atoms with Crippen LogP contribution in [0.4, 0.5) is 5.69 Å². The van der Waals surface area contributed by atoms with Crippen LogP contribution in [0.3, 0.4) is 0 Å². The summed E-state index contributed by atoms with van der Waals surface area (Å²) < 4.78 is 11.0. The molecule has 1 amide bonds. The highest BCUT2D eigenvalue weighted by atomic mass is 16.5. The molecule has 0 aliphatic rings. The summed E-state index contributed by atoms with van der Waals surface area (Å²) in [5, 5.41) is 0. The van der Waals surface area contributed by atoms with E-state index in [-0.39, 0.29) is 12.5 Å². The Morgan fingerprint density at radius 3 is 2.22 bits per heavy atom.